The summed E-state index contributed by atoms with van der Waals surface area (Å²) in [6, 6.07) is 0.302. The summed E-state index contributed by atoms with van der Waals surface area (Å²) in [6.07, 6.45) is 8.26. The summed E-state index contributed by atoms with van der Waals surface area (Å²) < 4.78 is 6.35. The van der Waals surface area contributed by atoms with Crippen LogP contribution < -0.4 is 5.32 Å². The van der Waals surface area contributed by atoms with E-state index in [1.54, 1.807) is 11.3 Å². The zero-order valence-electron chi connectivity index (χ0n) is 11.0. The summed E-state index contributed by atoms with van der Waals surface area (Å²) in [5, 5.41) is 6.95. The number of aromatic nitrogens is 1. The number of nitrogens with one attached hydrogen (secondary N) is 1. The molecule has 0 amide bonds. The molecule has 1 aliphatic heterocycles. The van der Waals surface area contributed by atoms with Gasteiger partial charge in [-0.05, 0) is 18.8 Å². The first kappa shape index (κ1) is 12.6. The van der Waals surface area contributed by atoms with E-state index >= 15 is 0 Å². The van der Waals surface area contributed by atoms with Crippen LogP contribution in [0, 0.1) is 5.92 Å². The van der Waals surface area contributed by atoms with E-state index < -0.39 is 0 Å². The molecule has 100 valence electrons. The molecule has 2 aliphatic rings. The molecule has 2 heterocycles. The Kier molecular flexibility index (Phi) is 3.68. The molecule has 3 atom stereocenters. The molecule has 1 spiro atoms. The molecule has 4 heteroatoms. The monoisotopic (exact) mass is 266 g/mol. The minimum Gasteiger partial charge on any atom is -0.371 e. The van der Waals surface area contributed by atoms with Crippen LogP contribution in [0.5, 0.6) is 0 Å². The second kappa shape index (κ2) is 5.27. The van der Waals surface area contributed by atoms with Crippen molar-refractivity contribution in [3.05, 3.63) is 16.6 Å². The number of ether oxygens (including phenoxy) is 1. The summed E-state index contributed by atoms with van der Waals surface area (Å²) in [6.45, 7) is 4.09. The predicted octanol–water partition coefficient (Wildman–Crippen LogP) is 3.14. The molecule has 1 aromatic heterocycles. The number of hydrogen-bond donors (Lipinski definition) is 1. The third kappa shape index (κ3) is 2.00. The van der Waals surface area contributed by atoms with Gasteiger partial charge in [-0.1, -0.05) is 26.2 Å². The Balaban J connectivity index is 1.94. The molecule has 2 fully saturated rings. The number of hydrogen-bond acceptors (Lipinski definition) is 4. The average Bonchev–Trinajstić information content (AvgIpc) is 2.93. The Morgan fingerprint density at radius 2 is 2.50 bits per heavy atom. The Morgan fingerprint density at radius 1 is 1.56 bits per heavy atom. The van der Waals surface area contributed by atoms with Crippen molar-refractivity contribution in [1.82, 2.24) is 10.3 Å². The van der Waals surface area contributed by atoms with E-state index in [4.69, 9.17) is 4.74 Å². The van der Waals surface area contributed by atoms with Crippen LogP contribution in [0.15, 0.2) is 11.6 Å². The van der Waals surface area contributed by atoms with Gasteiger partial charge in [0.15, 0.2) is 0 Å². The molecule has 18 heavy (non-hydrogen) atoms. The fourth-order valence-electron chi connectivity index (χ4n) is 3.73. The first-order chi connectivity index (χ1) is 8.87. The number of morpholine rings is 1. The molecular formula is C14H22N2OS. The van der Waals surface area contributed by atoms with E-state index in [1.165, 1.54) is 37.1 Å². The predicted molar refractivity (Wildman–Crippen MR) is 73.8 cm³/mol. The van der Waals surface area contributed by atoms with Gasteiger partial charge >= 0.3 is 0 Å². The molecular weight excluding hydrogens is 244 g/mol. The molecule has 1 aromatic rings. The first-order valence-electron chi connectivity index (χ1n) is 7.13. The SMILES string of the molecule is CCC1CCCCC12OCCNC2c1nccs1. The molecule has 3 unspecified atom stereocenters. The maximum Gasteiger partial charge on any atom is 0.112 e. The first-order valence-corrected chi connectivity index (χ1v) is 8.01. The minimum absolute atomic E-state index is 0.00308. The van der Waals surface area contributed by atoms with Gasteiger partial charge in [0.1, 0.15) is 5.01 Å². The van der Waals surface area contributed by atoms with Crippen molar-refractivity contribution < 1.29 is 4.74 Å². The maximum absolute atomic E-state index is 6.35. The van der Waals surface area contributed by atoms with E-state index in [2.05, 4.69) is 22.6 Å². The number of rotatable bonds is 2. The van der Waals surface area contributed by atoms with Crippen molar-refractivity contribution in [1.29, 1.82) is 0 Å². The maximum atomic E-state index is 6.35. The highest BCUT2D eigenvalue weighted by Crippen LogP contribution is 2.48. The lowest BCUT2D eigenvalue weighted by Gasteiger charge is -2.50. The summed E-state index contributed by atoms with van der Waals surface area (Å²) in [7, 11) is 0. The van der Waals surface area contributed by atoms with Crippen molar-refractivity contribution in [3.63, 3.8) is 0 Å². The van der Waals surface area contributed by atoms with E-state index in [-0.39, 0.29) is 5.60 Å². The quantitative estimate of drug-likeness (QED) is 0.893. The van der Waals surface area contributed by atoms with E-state index in [1.807, 2.05) is 6.20 Å². The molecule has 3 rings (SSSR count). The Bertz CT molecular complexity index is 375. The largest absolute Gasteiger partial charge is 0.371 e. The molecule has 1 saturated heterocycles. The normalized spacial score (nSPS) is 36.9. The average molecular weight is 266 g/mol. The standard InChI is InChI=1S/C14H22N2OS/c1-2-11-5-3-4-6-14(11)12(15-7-9-17-14)13-16-8-10-18-13/h8,10-12,15H,2-7,9H2,1H3. The van der Waals surface area contributed by atoms with Crippen LogP contribution in [-0.4, -0.2) is 23.7 Å². The van der Waals surface area contributed by atoms with Crippen LogP contribution in [0.3, 0.4) is 0 Å². The van der Waals surface area contributed by atoms with Gasteiger partial charge in [-0.25, -0.2) is 4.98 Å². The number of nitrogens with zero attached hydrogens (tertiary/aromatic N) is 1. The van der Waals surface area contributed by atoms with Crippen molar-refractivity contribution >= 4 is 11.3 Å². The molecule has 0 bridgehead atoms. The van der Waals surface area contributed by atoms with Crippen LogP contribution in [0.4, 0.5) is 0 Å². The van der Waals surface area contributed by atoms with Crippen molar-refractivity contribution in [2.24, 2.45) is 5.92 Å². The lowest BCUT2D eigenvalue weighted by Crippen LogP contribution is -2.57. The van der Waals surface area contributed by atoms with Gasteiger partial charge in [0.25, 0.3) is 0 Å². The zero-order chi connectivity index (χ0) is 12.4. The molecule has 3 nitrogen and oxygen atoms in total. The van der Waals surface area contributed by atoms with E-state index in [9.17, 15) is 0 Å². The van der Waals surface area contributed by atoms with Crippen LogP contribution in [0.2, 0.25) is 0 Å². The summed E-state index contributed by atoms with van der Waals surface area (Å²) >= 11 is 1.76. The molecule has 1 aliphatic carbocycles. The van der Waals surface area contributed by atoms with Crippen LogP contribution >= 0.6 is 11.3 Å². The highest BCUT2D eigenvalue weighted by atomic mass is 32.1. The van der Waals surface area contributed by atoms with Gasteiger partial charge in [0, 0.05) is 18.1 Å². The van der Waals surface area contributed by atoms with E-state index in [0.717, 1.165) is 13.2 Å². The van der Waals surface area contributed by atoms with Gasteiger partial charge in [0.2, 0.25) is 0 Å². The molecule has 0 aromatic carbocycles. The van der Waals surface area contributed by atoms with Crippen LogP contribution in [0.1, 0.15) is 50.1 Å². The second-order valence-electron chi connectivity index (χ2n) is 5.41. The Morgan fingerprint density at radius 3 is 3.28 bits per heavy atom. The summed E-state index contributed by atoms with van der Waals surface area (Å²) in [5.41, 5.74) is 0.00308. The van der Waals surface area contributed by atoms with Crippen LogP contribution in [0.25, 0.3) is 0 Å². The van der Waals surface area contributed by atoms with Crippen molar-refractivity contribution in [3.8, 4) is 0 Å². The van der Waals surface area contributed by atoms with Gasteiger partial charge in [0.05, 0.1) is 18.2 Å². The highest BCUT2D eigenvalue weighted by molar-refractivity contribution is 7.09. The lowest BCUT2D eigenvalue weighted by molar-refractivity contribution is -0.154. The lowest BCUT2D eigenvalue weighted by atomic mass is 9.69. The second-order valence-corrected chi connectivity index (χ2v) is 6.34. The third-order valence-electron chi connectivity index (χ3n) is 4.56. The van der Waals surface area contributed by atoms with Gasteiger partial charge in [-0.15, -0.1) is 11.3 Å². The Hall–Kier alpha value is -0.450. The van der Waals surface area contributed by atoms with E-state index in [0.29, 0.717) is 12.0 Å². The molecule has 1 saturated carbocycles. The molecule has 0 radical (unpaired) electrons. The minimum atomic E-state index is 0.00308. The van der Waals surface area contributed by atoms with Gasteiger partial charge < -0.3 is 10.1 Å². The van der Waals surface area contributed by atoms with Gasteiger partial charge in [-0.3, -0.25) is 0 Å². The van der Waals surface area contributed by atoms with Gasteiger partial charge in [-0.2, -0.15) is 0 Å². The Labute approximate surface area is 113 Å². The van der Waals surface area contributed by atoms with Crippen molar-refractivity contribution in [2.75, 3.05) is 13.2 Å². The smallest absolute Gasteiger partial charge is 0.112 e. The van der Waals surface area contributed by atoms with Crippen LogP contribution in [-0.2, 0) is 4.74 Å². The third-order valence-corrected chi connectivity index (χ3v) is 5.40. The molecule has 1 N–H and O–H groups in total. The number of thiazole rings is 1. The van der Waals surface area contributed by atoms with Crippen molar-refractivity contribution in [2.45, 2.75) is 50.7 Å². The topological polar surface area (TPSA) is 34.1 Å². The fourth-order valence-corrected chi connectivity index (χ4v) is 4.54. The fraction of sp³-hybridized carbons (Fsp3) is 0.786. The highest BCUT2D eigenvalue weighted by Gasteiger charge is 2.50. The summed E-state index contributed by atoms with van der Waals surface area (Å²) in [5.74, 6) is 0.674. The zero-order valence-corrected chi connectivity index (χ0v) is 11.8. The summed E-state index contributed by atoms with van der Waals surface area (Å²) in [4.78, 5) is 4.53.